The van der Waals surface area contributed by atoms with Gasteiger partial charge in [0.2, 0.25) is 0 Å². The lowest BCUT2D eigenvalue weighted by Gasteiger charge is -2.35. The number of hydrogen-bond acceptors (Lipinski definition) is 3. The molecule has 18 heavy (non-hydrogen) atoms. The van der Waals surface area contributed by atoms with E-state index >= 15 is 0 Å². The molecule has 0 radical (unpaired) electrons. The second kappa shape index (κ2) is 4.80. The van der Waals surface area contributed by atoms with Crippen LogP contribution in [0.25, 0.3) is 0 Å². The van der Waals surface area contributed by atoms with Crippen molar-refractivity contribution in [1.29, 1.82) is 0 Å². The number of likely N-dealkylation sites (tertiary alicyclic amines) is 1. The topological polar surface area (TPSA) is 86.3 Å². The summed E-state index contributed by atoms with van der Waals surface area (Å²) in [5.41, 5.74) is 1.24. The predicted octanol–water partition coefficient (Wildman–Crippen LogP) is 1.04. The van der Waals surface area contributed by atoms with Gasteiger partial charge < -0.3 is 10.0 Å². The zero-order valence-corrected chi connectivity index (χ0v) is 10.5. The average molecular weight is 251 g/mol. The molecule has 2 N–H and O–H groups in total. The van der Waals surface area contributed by atoms with Crippen LogP contribution in [0, 0.1) is 12.8 Å². The third-order valence-corrected chi connectivity index (χ3v) is 3.41. The van der Waals surface area contributed by atoms with Gasteiger partial charge in [0.1, 0.15) is 5.69 Å². The van der Waals surface area contributed by atoms with Crippen molar-refractivity contribution < 1.29 is 14.7 Å². The number of aliphatic carboxylic acids is 1. The molecule has 1 saturated heterocycles. The SMILES string of the molecule is Cc1cc(C(=O)N2CCC(C(=O)O)CC2C)n[nH]1. The maximum absolute atomic E-state index is 12.2. The molecule has 1 fully saturated rings. The molecular weight excluding hydrogens is 234 g/mol. The van der Waals surface area contributed by atoms with Gasteiger partial charge in [-0.15, -0.1) is 0 Å². The van der Waals surface area contributed by atoms with E-state index in [9.17, 15) is 9.59 Å². The maximum atomic E-state index is 12.2. The molecule has 2 rings (SSSR count). The second-order valence-corrected chi connectivity index (χ2v) is 4.84. The van der Waals surface area contributed by atoms with E-state index in [4.69, 9.17) is 5.11 Å². The fourth-order valence-electron chi connectivity index (χ4n) is 2.37. The summed E-state index contributed by atoms with van der Waals surface area (Å²) in [5.74, 6) is -1.25. The number of carboxylic acid groups (broad SMARTS) is 1. The van der Waals surface area contributed by atoms with Crippen LogP contribution in [0.2, 0.25) is 0 Å². The van der Waals surface area contributed by atoms with Crippen molar-refractivity contribution in [2.24, 2.45) is 5.92 Å². The van der Waals surface area contributed by atoms with E-state index in [1.54, 1.807) is 11.0 Å². The Bertz CT molecular complexity index is 469. The molecule has 0 saturated carbocycles. The first-order valence-electron chi connectivity index (χ1n) is 6.05. The Balaban J connectivity index is 2.07. The van der Waals surface area contributed by atoms with Crippen LogP contribution in [0.4, 0.5) is 0 Å². The number of amides is 1. The quantitative estimate of drug-likeness (QED) is 0.822. The number of aromatic nitrogens is 2. The minimum atomic E-state index is -0.774. The van der Waals surface area contributed by atoms with Gasteiger partial charge in [-0.2, -0.15) is 5.10 Å². The normalized spacial score (nSPS) is 24.0. The molecule has 0 spiro atoms. The van der Waals surface area contributed by atoms with E-state index in [-0.39, 0.29) is 17.9 Å². The summed E-state index contributed by atoms with van der Waals surface area (Å²) in [6, 6.07) is 1.64. The van der Waals surface area contributed by atoms with Gasteiger partial charge in [0.15, 0.2) is 0 Å². The highest BCUT2D eigenvalue weighted by molar-refractivity contribution is 5.92. The van der Waals surface area contributed by atoms with Crippen molar-refractivity contribution in [1.82, 2.24) is 15.1 Å². The van der Waals surface area contributed by atoms with Gasteiger partial charge in [0.25, 0.3) is 5.91 Å². The number of hydrogen-bond donors (Lipinski definition) is 2. The van der Waals surface area contributed by atoms with Gasteiger partial charge in [0.05, 0.1) is 5.92 Å². The van der Waals surface area contributed by atoms with Gasteiger partial charge in [0, 0.05) is 18.3 Å². The molecule has 1 aliphatic heterocycles. The molecule has 1 amide bonds. The fourth-order valence-corrected chi connectivity index (χ4v) is 2.37. The Hall–Kier alpha value is -1.85. The fraction of sp³-hybridized carbons (Fsp3) is 0.583. The number of carboxylic acids is 1. The molecule has 98 valence electrons. The van der Waals surface area contributed by atoms with E-state index in [1.807, 2.05) is 13.8 Å². The molecule has 6 heteroatoms. The van der Waals surface area contributed by atoms with E-state index < -0.39 is 5.97 Å². The van der Waals surface area contributed by atoms with Crippen molar-refractivity contribution in [3.63, 3.8) is 0 Å². The Kier molecular flexibility index (Phi) is 3.36. The Morgan fingerprint density at radius 1 is 1.56 bits per heavy atom. The first-order chi connectivity index (χ1) is 8.49. The summed E-state index contributed by atoms with van der Waals surface area (Å²) in [6.45, 7) is 4.19. The molecule has 0 aromatic carbocycles. The van der Waals surface area contributed by atoms with Crippen LogP contribution in [0.5, 0.6) is 0 Å². The van der Waals surface area contributed by atoms with Crippen LogP contribution >= 0.6 is 0 Å². The monoisotopic (exact) mass is 251 g/mol. The molecular formula is C12H17N3O3. The highest BCUT2D eigenvalue weighted by atomic mass is 16.4. The van der Waals surface area contributed by atoms with Crippen molar-refractivity contribution >= 4 is 11.9 Å². The van der Waals surface area contributed by atoms with Crippen LogP contribution in [-0.2, 0) is 4.79 Å². The zero-order valence-electron chi connectivity index (χ0n) is 10.5. The highest BCUT2D eigenvalue weighted by Gasteiger charge is 2.33. The van der Waals surface area contributed by atoms with Gasteiger partial charge in [-0.25, -0.2) is 0 Å². The van der Waals surface area contributed by atoms with Crippen LogP contribution in [0.3, 0.4) is 0 Å². The number of aryl methyl sites for hydroxylation is 1. The van der Waals surface area contributed by atoms with Gasteiger partial charge >= 0.3 is 5.97 Å². The van der Waals surface area contributed by atoms with E-state index in [0.717, 1.165) is 5.69 Å². The molecule has 1 aromatic rings. The third-order valence-electron chi connectivity index (χ3n) is 3.41. The van der Waals surface area contributed by atoms with E-state index in [1.165, 1.54) is 0 Å². The average Bonchev–Trinajstić information content (AvgIpc) is 2.74. The molecule has 2 atom stereocenters. The third kappa shape index (κ3) is 2.37. The van der Waals surface area contributed by atoms with Crippen molar-refractivity contribution in [3.05, 3.63) is 17.5 Å². The molecule has 0 bridgehead atoms. The van der Waals surface area contributed by atoms with Crippen LogP contribution < -0.4 is 0 Å². The number of rotatable bonds is 2. The second-order valence-electron chi connectivity index (χ2n) is 4.84. The minimum Gasteiger partial charge on any atom is -0.481 e. The Morgan fingerprint density at radius 3 is 2.78 bits per heavy atom. The summed E-state index contributed by atoms with van der Waals surface area (Å²) in [6.07, 6.45) is 1.01. The van der Waals surface area contributed by atoms with Crippen molar-refractivity contribution in [2.45, 2.75) is 32.7 Å². The first kappa shape index (κ1) is 12.6. The largest absolute Gasteiger partial charge is 0.481 e. The number of carbonyl (C=O) groups is 2. The van der Waals surface area contributed by atoms with Crippen LogP contribution in [0.1, 0.15) is 35.9 Å². The molecule has 1 aliphatic rings. The number of nitrogens with one attached hydrogen (secondary N) is 1. The predicted molar refractivity (Wildman–Crippen MR) is 64.2 cm³/mol. The number of carbonyl (C=O) groups excluding carboxylic acids is 1. The van der Waals surface area contributed by atoms with Gasteiger partial charge in [-0.1, -0.05) is 0 Å². The molecule has 0 aliphatic carbocycles. The lowest BCUT2D eigenvalue weighted by Crippen LogP contribution is -2.46. The zero-order chi connectivity index (χ0) is 13.3. The minimum absolute atomic E-state index is 0.0654. The number of piperidine rings is 1. The summed E-state index contributed by atoms with van der Waals surface area (Å²) < 4.78 is 0. The molecule has 1 aromatic heterocycles. The van der Waals surface area contributed by atoms with Gasteiger partial charge in [-0.3, -0.25) is 14.7 Å². The lowest BCUT2D eigenvalue weighted by molar-refractivity contribution is -0.143. The van der Waals surface area contributed by atoms with Crippen molar-refractivity contribution in [2.75, 3.05) is 6.54 Å². The lowest BCUT2D eigenvalue weighted by atomic mass is 9.91. The molecule has 2 unspecified atom stereocenters. The Morgan fingerprint density at radius 2 is 2.28 bits per heavy atom. The molecule has 2 heterocycles. The van der Waals surface area contributed by atoms with E-state index in [0.29, 0.717) is 25.1 Å². The number of aromatic amines is 1. The first-order valence-corrected chi connectivity index (χ1v) is 6.05. The summed E-state index contributed by atoms with van der Waals surface area (Å²) in [5, 5.41) is 15.7. The molecule has 6 nitrogen and oxygen atoms in total. The standard InChI is InChI=1S/C12H17N3O3/c1-7-5-10(14-13-7)11(16)15-4-3-9(12(17)18)6-8(15)2/h5,8-9H,3-4,6H2,1-2H3,(H,13,14)(H,17,18). The summed E-state index contributed by atoms with van der Waals surface area (Å²) in [4.78, 5) is 24.8. The maximum Gasteiger partial charge on any atom is 0.306 e. The smallest absolute Gasteiger partial charge is 0.306 e. The van der Waals surface area contributed by atoms with Gasteiger partial charge in [-0.05, 0) is 32.8 Å². The van der Waals surface area contributed by atoms with Crippen LogP contribution in [-0.4, -0.2) is 44.7 Å². The van der Waals surface area contributed by atoms with E-state index in [2.05, 4.69) is 10.2 Å². The Labute approximate surface area is 105 Å². The summed E-state index contributed by atoms with van der Waals surface area (Å²) in [7, 11) is 0. The highest BCUT2D eigenvalue weighted by Crippen LogP contribution is 2.24. The van der Waals surface area contributed by atoms with Crippen LogP contribution in [0.15, 0.2) is 6.07 Å². The summed E-state index contributed by atoms with van der Waals surface area (Å²) >= 11 is 0. The number of nitrogens with zero attached hydrogens (tertiary/aromatic N) is 2. The number of H-pyrrole nitrogens is 1. The van der Waals surface area contributed by atoms with Crippen molar-refractivity contribution in [3.8, 4) is 0 Å².